The number of aliphatic carboxylic acids is 1. The van der Waals surface area contributed by atoms with Gasteiger partial charge in [-0.05, 0) is 0 Å². The van der Waals surface area contributed by atoms with Crippen molar-refractivity contribution < 1.29 is 14.7 Å². The summed E-state index contributed by atoms with van der Waals surface area (Å²) in [5, 5.41) is 10.2. The van der Waals surface area contributed by atoms with E-state index >= 15 is 0 Å². The standard InChI is InChI=1S/C10H20N4O3/c1-12(2)11-10(17)14-7-5-13(6-8-14)4-3-9(15)16/h3-8H2,1-2H3,(H,11,17)(H,15,16). The lowest BCUT2D eigenvalue weighted by atomic mass is 10.3. The molecule has 0 aromatic rings. The third-order valence-electron chi connectivity index (χ3n) is 2.62. The molecule has 1 rings (SSSR count). The van der Waals surface area contributed by atoms with E-state index in [-0.39, 0.29) is 12.5 Å². The molecule has 17 heavy (non-hydrogen) atoms. The van der Waals surface area contributed by atoms with Gasteiger partial charge in [-0.25, -0.2) is 9.80 Å². The van der Waals surface area contributed by atoms with E-state index in [4.69, 9.17) is 5.11 Å². The normalized spacial score (nSPS) is 17.2. The number of rotatable bonds is 4. The smallest absolute Gasteiger partial charge is 0.331 e. The van der Waals surface area contributed by atoms with Crippen LogP contribution in [0.5, 0.6) is 0 Å². The van der Waals surface area contributed by atoms with Crippen LogP contribution >= 0.6 is 0 Å². The van der Waals surface area contributed by atoms with Crippen LogP contribution in [0.3, 0.4) is 0 Å². The van der Waals surface area contributed by atoms with Crippen LogP contribution in [0.15, 0.2) is 0 Å². The molecule has 2 amide bonds. The molecule has 2 N–H and O–H groups in total. The summed E-state index contributed by atoms with van der Waals surface area (Å²) in [6.45, 7) is 3.29. The average Bonchev–Trinajstić information content (AvgIpc) is 2.26. The van der Waals surface area contributed by atoms with Crippen LogP contribution in [0.4, 0.5) is 4.79 Å². The van der Waals surface area contributed by atoms with E-state index in [1.807, 2.05) is 0 Å². The molecule has 98 valence electrons. The number of carboxylic acids is 1. The van der Waals surface area contributed by atoms with Crippen molar-refractivity contribution in [3.05, 3.63) is 0 Å². The lowest BCUT2D eigenvalue weighted by molar-refractivity contribution is -0.137. The van der Waals surface area contributed by atoms with E-state index < -0.39 is 5.97 Å². The van der Waals surface area contributed by atoms with E-state index in [1.54, 1.807) is 24.0 Å². The molecule has 0 aliphatic carbocycles. The molecule has 0 aromatic carbocycles. The van der Waals surface area contributed by atoms with E-state index in [9.17, 15) is 9.59 Å². The van der Waals surface area contributed by atoms with Crippen molar-refractivity contribution in [1.29, 1.82) is 0 Å². The molecule has 7 heteroatoms. The van der Waals surface area contributed by atoms with Gasteiger partial charge in [-0.2, -0.15) is 0 Å². The predicted molar refractivity (Wildman–Crippen MR) is 62.5 cm³/mol. The Morgan fingerprint density at radius 1 is 1.24 bits per heavy atom. The van der Waals surface area contributed by atoms with Crippen LogP contribution in [0.2, 0.25) is 0 Å². The molecule has 1 saturated heterocycles. The minimum Gasteiger partial charge on any atom is -0.481 e. The summed E-state index contributed by atoms with van der Waals surface area (Å²) in [4.78, 5) is 25.9. The summed E-state index contributed by atoms with van der Waals surface area (Å²) in [6, 6.07) is -0.104. The second kappa shape index (κ2) is 6.41. The van der Waals surface area contributed by atoms with Gasteiger partial charge < -0.3 is 10.0 Å². The molecule has 1 fully saturated rings. The summed E-state index contributed by atoms with van der Waals surface area (Å²) >= 11 is 0. The Hall–Kier alpha value is -1.34. The van der Waals surface area contributed by atoms with Crippen LogP contribution < -0.4 is 5.43 Å². The maximum Gasteiger partial charge on any atom is 0.331 e. The van der Waals surface area contributed by atoms with Crippen molar-refractivity contribution in [2.24, 2.45) is 0 Å². The minimum atomic E-state index is -0.780. The molecule has 1 aliphatic rings. The van der Waals surface area contributed by atoms with E-state index in [1.165, 1.54) is 0 Å². The van der Waals surface area contributed by atoms with Crippen LogP contribution in [0.1, 0.15) is 6.42 Å². The number of piperazine rings is 1. The Morgan fingerprint density at radius 3 is 2.29 bits per heavy atom. The number of carbonyl (C=O) groups excluding carboxylic acids is 1. The third-order valence-corrected chi connectivity index (χ3v) is 2.62. The topological polar surface area (TPSA) is 76.1 Å². The number of hydrogen-bond acceptors (Lipinski definition) is 4. The van der Waals surface area contributed by atoms with Crippen molar-refractivity contribution in [3.8, 4) is 0 Å². The summed E-state index contributed by atoms with van der Waals surface area (Å²) in [7, 11) is 3.53. The summed E-state index contributed by atoms with van der Waals surface area (Å²) in [5.74, 6) is -0.780. The number of carboxylic acid groups (broad SMARTS) is 1. The molecule has 0 spiro atoms. The van der Waals surface area contributed by atoms with Gasteiger partial charge in [0.1, 0.15) is 0 Å². The Balaban J connectivity index is 2.25. The fraction of sp³-hybridized carbons (Fsp3) is 0.800. The number of hydrazine groups is 1. The zero-order valence-electron chi connectivity index (χ0n) is 10.3. The Kier molecular flexibility index (Phi) is 5.17. The highest BCUT2D eigenvalue weighted by molar-refractivity contribution is 5.73. The molecule has 1 aliphatic heterocycles. The van der Waals surface area contributed by atoms with Crippen molar-refractivity contribution in [2.45, 2.75) is 6.42 Å². The van der Waals surface area contributed by atoms with Crippen LogP contribution in [0.25, 0.3) is 0 Å². The minimum absolute atomic E-state index is 0.104. The summed E-state index contributed by atoms with van der Waals surface area (Å²) in [5.41, 5.74) is 2.69. The molecular formula is C10H20N4O3. The Morgan fingerprint density at radius 2 is 1.82 bits per heavy atom. The van der Waals surface area contributed by atoms with E-state index in [0.717, 1.165) is 13.1 Å². The van der Waals surface area contributed by atoms with Crippen LogP contribution in [-0.4, -0.2) is 78.7 Å². The highest BCUT2D eigenvalue weighted by Gasteiger charge is 2.21. The maximum atomic E-state index is 11.6. The molecule has 0 unspecified atom stereocenters. The van der Waals surface area contributed by atoms with Crippen molar-refractivity contribution in [2.75, 3.05) is 46.8 Å². The van der Waals surface area contributed by atoms with Crippen LogP contribution in [-0.2, 0) is 4.79 Å². The summed E-state index contributed by atoms with van der Waals surface area (Å²) < 4.78 is 0. The third kappa shape index (κ3) is 5.01. The Labute approximate surface area is 101 Å². The highest BCUT2D eigenvalue weighted by atomic mass is 16.4. The van der Waals surface area contributed by atoms with Gasteiger partial charge in [0.15, 0.2) is 0 Å². The van der Waals surface area contributed by atoms with Crippen molar-refractivity contribution in [3.63, 3.8) is 0 Å². The van der Waals surface area contributed by atoms with Gasteiger partial charge in [0.2, 0.25) is 0 Å². The second-order valence-electron chi connectivity index (χ2n) is 4.28. The zero-order chi connectivity index (χ0) is 12.8. The molecule has 0 bridgehead atoms. The largest absolute Gasteiger partial charge is 0.481 e. The fourth-order valence-electron chi connectivity index (χ4n) is 1.69. The van der Waals surface area contributed by atoms with E-state index in [2.05, 4.69) is 10.3 Å². The maximum absolute atomic E-state index is 11.6. The lowest BCUT2D eigenvalue weighted by Gasteiger charge is -2.34. The van der Waals surface area contributed by atoms with Gasteiger partial charge >= 0.3 is 12.0 Å². The van der Waals surface area contributed by atoms with Gasteiger partial charge in [-0.15, -0.1) is 0 Å². The molecule has 0 aromatic heterocycles. The first kappa shape index (κ1) is 13.7. The monoisotopic (exact) mass is 244 g/mol. The molecule has 1 heterocycles. The molecule has 0 atom stereocenters. The first-order valence-electron chi connectivity index (χ1n) is 5.66. The van der Waals surface area contributed by atoms with Gasteiger partial charge in [-0.3, -0.25) is 15.1 Å². The summed E-state index contributed by atoms with van der Waals surface area (Å²) in [6.07, 6.45) is 0.157. The average molecular weight is 244 g/mol. The predicted octanol–water partition coefficient (Wildman–Crippen LogP) is -0.735. The van der Waals surface area contributed by atoms with Crippen LogP contribution in [0, 0.1) is 0 Å². The number of nitrogens with one attached hydrogen (secondary N) is 1. The van der Waals surface area contributed by atoms with Gasteiger partial charge in [-0.1, -0.05) is 0 Å². The van der Waals surface area contributed by atoms with E-state index in [0.29, 0.717) is 19.6 Å². The van der Waals surface area contributed by atoms with Gasteiger partial charge in [0.25, 0.3) is 0 Å². The van der Waals surface area contributed by atoms with Gasteiger partial charge in [0, 0.05) is 46.8 Å². The number of carbonyl (C=O) groups is 2. The first-order valence-corrected chi connectivity index (χ1v) is 5.66. The second-order valence-corrected chi connectivity index (χ2v) is 4.28. The highest BCUT2D eigenvalue weighted by Crippen LogP contribution is 2.02. The Bertz CT molecular complexity index is 275. The molecule has 0 radical (unpaired) electrons. The number of amides is 2. The lowest BCUT2D eigenvalue weighted by Crippen LogP contribution is -2.54. The fourth-order valence-corrected chi connectivity index (χ4v) is 1.69. The first-order chi connectivity index (χ1) is 7.99. The van der Waals surface area contributed by atoms with Crippen molar-refractivity contribution >= 4 is 12.0 Å². The molecule has 7 nitrogen and oxygen atoms in total. The quantitative estimate of drug-likeness (QED) is 0.637. The zero-order valence-corrected chi connectivity index (χ0v) is 10.3. The number of urea groups is 1. The van der Waals surface area contributed by atoms with Crippen molar-refractivity contribution in [1.82, 2.24) is 20.2 Å². The SMILES string of the molecule is CN(C)NC(=O)N1CCN(CCC(=O)O)CC1. The number of nitrogens with zero attached hydrogens (tertiary/aromatic N) is 3. The van der Waals surface area contributed by atoms with Gasteiger partial charge in [0.05, 0.1) is 6.42 Å². The molecule has 0 saturated carbocycles. The molecular weight excluding hydrogens is 224 g/mol. The number of hydrogen-bond donors (Lipinski definition) is 2.